The van der Waals surface area contributed by atoms with Gasteiger partial charge in [0, 0.05) is 43.4 Å². The molecular formula is C24H34O4. The van der Waals surface area contributed by atoms with Gasteiger partial charge in [0.1, 0.15) is 23.6 Å². The van der Waals surface area contributed by atoms with Crippen LogP contribution >= 0.6 is 0 Å². The molecule has 4 aliphatic carbocycles. The van der Waals surface area contributed by atoms with Gasteiger partial charge in [0.25, 0.3) is 0 Å². The average molecular weight is 387 g/mol. The van der Waals surface area contributed by atoms with Gasteiger partial charge in [-0.25, -0.2) is 0 Å². The van der Waals surface area contributed by atoms with E-state index in [0.717, 1.165) is 32.0 Å². The lowest BCUT2D eigenvalue weighted by atomic mass is 9.44. The highest BCUT2D eigenvalue weighted by atomic mass is 16.1. The molecule has 0 saturated heterocycles. The molecule has 28 heavy (non-hydrogen) atoms. The van der Waals surface area contributed by atoms with Gasteiger partial charge in [-0.15, -0.1) is 0 Å². The van der Waals surface area contributed by atoms with Crippen molar-refractivity contribution >= 4 is 23.6 Å². The maximum absolute atomic E-state index is 13.6. The largest absolute Gasteiger partial charge is 0.303 e. The molecule has 0 aliphatic heterocycles. The zero-order valence-electron chi connectivity index (χ0n) is 17.5. The van der Waals surface area contributed by atoms with Crippen LogP contribution in [0.1, 0.15) is 78.6 Å². The lowest BCUT2D eigenvalue weighted by Gasteiger charge is -2.58. The van der Waals surface area contributed by atoms with E-state index in [2.05, 4.69) is 20.8 Å². The molecule has 4 nitrogen and oxygen atoms in total. The van der Waals surface area contributed by atoms with E-state index in [4.69, 9.17) is 0 Å². The van der Waals surface area contributed by atoms with Gasteiger partial charge in [-0.3, -0.25) is 14.4 Å². The number of rotatable bonds is 4. The van der Waals surface area contributed by atoms with Crippen LogP contribution in [0.25, 0.3) is 0 Å². The van der Waals surface area contributed by atoms with Crippen molar-refractivity contribution in [2.75, 3.05) is 0 Å². The standard InChI is InChI=1S/C24H34O4/c1-14(5-4-10-25)17-6-7-18-22-19(13-21(28)24(17,18)3)23(2)9-8-16(26)11-15(23)12-20(22)27/h10,14-15,17-19,22H,4-9,11-13H2,1-3H3/t14-,15+,17-,18+,19+,22+,23+,24-/m1/s1. The Morgan fingerprint density at radius 2 is 1.82 bits per heavy atom. The maximum Gasteiger partial charge on any atom is 0.139 e. The number of Topliss-reactive ketones (excluding diaryl/α,β-unsaturated/α-hetero) is 3. The van der Waals surface area contributed by atoms with Gasteiger partial charge in [0.15, 0.2) is 0 Å². The summed E-state index contributed by atoms with van der Waals surface area (Å²) in [5.74, 6) is 1.91. The molecule has 154 valence electrons. The third-order valence-electron chi connectivity index (χ3n) is 9.64. The normalized spacial score (nSPS) is 46.5. The minimum atomic E-state index is -0.424. The number of hydrogen-bond acceptors (Lipinski definition) is 4. The lowest BCUT2D eigenvalue weighted by Crippen LogP contribution is -2.60. The Morgan fingerprint density at radius 1 is 1.07 bits per heavy atom. The first-order valence-corrected chi connectivity index (χ1v) is 11.2. The smallest absolute Gasteiger partial charge is 0.139 e. The van der Waals surface area contributed by atoms with Gasteiger partial charge in [-0.1, -0.05) is 20.8 Å². The second-order valence-corrected chi connectivity index (χ2v) is 10.7. The lowest BCUT2D eigenvalue weighted by molar-refractivity contribution is -0.166. The molecule has 4 rings (SSSR count). The zero-order chi connectivity index (χ0) is 20.3. The monoisotopic (exact) mass is 386 g/mol. The molecule has 0 heterocycles. The van der Waals surface area contributed by atoms with E-state index in [1.807, 2.05) is 0 Å². The summed E-state index contributed by atoms with van der Waals surface area (Å²) in [6, 6.07) is 0. The van der Waals surface area contributed by atoms with Gasteiger partial charge in [0.05, 0.1) is 0 Å². The second kappa shape index (κ2) is 6.88. The Bertz CT molecular complexity index is 711. The minimum Gasteiger partial charge on any atom is -0.303 e. The Hall–Kier alpha value is -1.32. The highest BCUT2D eigenvalue weighted by Crippen LogP contribution is 2.66. The average Bonchev–Trinajstić information content (AvgIpc) is 3.01. The van der Waals surface area contributed by atoms with Gasteiger partial charge in [-0.2, -0.15) is 0 Å². The molecule has 0 bridgehead atoms. The van der Waals surface area contributed by atoms with Crippen LogP contribution in [-0.4, -0.2) is 23.6 Å². The fourth-order valence-electron chi connectivity index (χ4n) is 7.92. The van der Waals surface area contributed by atoms with Crippen molar-refractivity contribution in [2.45, 2.75) is 78.6 Å². The van der Waals surface area contributed by atoms with Crippen molar-refractivity contribution in [2.24, 2.45) is 46.3 Å². The van der Waals surface area contributed by atoms with Gasteiger partial charge in [-0.05, 0) is 60.7 Å². The molecule has 4 heteroatoms. The summed E-state index contributed by atoms with van der Waals surface area (Å²) in [6.45, 7) is 6.55. The Labute approximate surface area is 168 Å². The van der Waals surface area contributed by atoms with E-state index >= 15 is 0 Å². The first kappa shape index (κ1) is 20.0. The summed E-state index contributed by atoms with van der Waals surface area (Å²) in [4.78, 5) is 49.7. The minimum absolute atomic E-state index is 0.0135. The number of fused-ring (bicyclic) bond motifs is 5. The number of aldehydes is 1. The molecule has 4 fully saturated rings. The number of carbonyl (C=O) groups is 4. The van der Waals surface area contributed by atoms with Crippen LogP contribution in [0.5, 0.6) is 0 Å². The highest BCUT2D eigenvalue weighted by molar-refractivity contribution is 5.93. The third kappa shape index (κ3) is 2.69. The molecule has 0 aromatic carbocycles. The molecule has 4 saturated carbocycles. The summed E-state index contributed by atoms with van der Waals surface area (Å²) >= 11 is 0. The van der Waals surface area contributed by atoms with Crippen LogP contribution in [0, 0.1) is 46.3 Å². The highest BCUT2D eigenvalue weighted by Gasteiger charge is 2.66. The van der Waals surface area contributed by atoms with E-state index < -0.39 is 5.41 Å². The predicted octanol–water partition coefficient (Wildman–Crippen LogP) is 4.19. The molecule has 4 aliphatic rings. The van der Waals surface area contributed by atoms with Crippen LogP contribution in [0.3, 0.4) is 0 Å². The van der Waals surface area contributed by atoms with Crippen molar-refractivity contribution in [3.63, 3.8) is 0 Å². The van der Waals surface area contributed by atoms with E-state index in [1.54, 1.807) is 0 Å². The molecule has 8 atom stereocenters. The first-order valence-electron chi connectivity index (χ1n) is 11.2. The summed E-state index contributed by atoms with van der Waals surface area (Å²) in [5.41, 5.74) is -0.475. The maximum atomic E-state index is 13.6. The van der Waals surface area contributed by atoms with Crippen molar-refractivity contribution in [3.8, 4) is 0 Å². The van der Waals surface area contributed by atoms with Crippen molar-refractivity contribution in [1.29, 1.82) is 0 Å². The van der Waals surface area contributed by atoms with Crippen LogP contribution < -0.4 is 0 Å². The molecule has 0 unspecified atom stereocenters. The molecule has 0 aromatic heterocycles. The molecular weight excluding hydrogens is 352 g/mol. The first-order chi connectivity index (χ1) is 13.2. The number of ketones is 3. The zero-order valence-corrected chi connectivity index (χ0v) is 17.5. The summed E-state index contributed by atoms with van der Waals surface area (Å²) in [6.07, 6.45) is 7.27. The number of hydrogen-bond donors (Lipinski definition) is 0. The van der Waals surface area contributed by atoms with Crippen LogP contribution in [0.2, 0.25) is 0 Å². The van der Waals surface area contributed by atoms with Crippen LogP contribution in [-0.2, 0) is 19.2 Å². The quantitative estimate of drug-likeness (QED) is 0.680. The topological polar surface area (TPSA) is 68.3 Å². The summed E-state index contributed by atoms with van der Waals surface area (Å²) in [7, 11) is 0. The number of carbonyl (C=O) groups excluding carboxylic acids is 4. The fourth-order valence-corrected chi connectivity index (χ4v) is 7.92. The molecule has 0 amide bonds. The van der Waals surface area contributed by atoms with Crippen molar-refractivity contribution < 1.29 is 19.2 Å². The SMILES string of the molecule is C[C@H](CCC=O)[C@H]1CC[C@H]2[C@@H]3C(=O)C[C@@H]4CC(=O)CC[C@]4(C)[C@H]3CC(=O)[C@]12C. The van der Waals surface area contributed by atoms with E-state index in [-0.39, 0.29) is 40.8 Å². The van der Waals surface area contributed by atoms with E-state index in [1.165, 1.54) is 0 Å². The molecule has 0 N–H and O–H groups in total. The van der Waals surface area contributed by atoms with Gasteiger partial charge >= 0.3 is 0 Å². The fraction of sp³-hybridized carbons (Fsp3) is 0.833. The Morgan fingerprint density at radius 3 is 2.54 bits per heavy atom. The van der Waals surface area contributed by atoms with Crippen molar-refractivity contribution in [1.82, 2.24) is 0 Å². The van der Waals surface area contributed by atoms with E-state index in [0.29, 0.717) is 49.6 Å². The molecule has 0 spiro atoms. The van der Waals surface area contributed by atoms with Gasteiger partial charge < -0.3 is 4.79 Å². The van der Waals surface area contributed by atoms with Gasteiger partial charge in [0.2, 0.25) is 0 Å². The second-order valence-electron chi connectivity index (χ2n) is 10.7. The molecule has 0 aromatic rings. The summed E-state index contributed by atoms with van der Waals surface area (Å²) in [5, 5.41) is 0. The Kier molecular flexibility index (Phi) is 4.91. The predicted molar refractivity (Wildman–Crippen MR) is 105 cm³/mol. The van der Waals surface area contributed by atoms with Crippen LogP contribution in [0.4, 0.5) is 0 Å². The summed E-state index contributed by atoms with van der Waals surface area (Å²) < 4.78 is 0. The third-order valence-corrected chi connectivity index (χ3v) is 9.64. The Balaban J connectivity index is 1.66. The van der Waals surface area contributed by atoms with Crippen LogP contribution in [0.15, 0.2) is 0 Å². The van der Waals surface area contributed by atoms with Crippen molar-refractivity contribution in [3.05, 3.63) is 0 Å². The molecule has 0 radical (unpaired) electrons. The van der Waals surface area contributed by atoms with E-state index in [9.17, 15) is 19.2 Å².